The molecule has 0 aliphatic heterocycles. The summed E-state index contributed by atoms with van der Waals surface area (Å²) in [5, 5.41) is 0. The number of hydrogen-bond donors (Lipinski definition) is 2. The molecule has 1 aromatic rings. The van der Waals surface area contributed by atoms with Crippen molar-refractivity contribution in [1.29, 1.82) is 0 Å². The number of aryl methyl sites for hydroxylation is 1. The van der Waals surface area contributed by atoms with Crippen LogP contribution in [0.15, 0.2) is 18.2 Å². The standard InChI is InChI=1S/C7H9IN2.ClH/c1-5-2-3-7(10-9)6(8)4-5;/h2-4,10H,9H2,1H3;1H. The average Bonchev–Trinajstić information content (AvgIpc) is 1.88. The molecule has 0 spiro atoms. The van der Waals surface area contributed by atoms with Crippen molar-refractivity contribution in [3.8, 4) is 0 Å². The maximum atomic E-state index is 5.25. The molecule has 2 nitrogen and oxygen atoms in total. The highest BCUT2D eigenvalue weighted by molar-refractivity contribution is 14.1. The molecular weight excluding hydrogens is 274 g/mol. The smallest absolute Gasteiger partial charge is 0.0618 e. The first-order chi connectivity index (χ1) is 4.74. The largest absolute Gasteiger partial charge is 0.323 e. The van der Waals surface area contributed by atoms with E-state index in [4.69, 9.17) is 5.84 Å². The molecule has 0 atom stereocenters. The first-order valence-corrected chi connectivity index (χ1v) is 4.04. The number of anilines is 1. The molecule has 0 heterocycles. The second kappa shape index (κ2) is 4.79. The summed E-state index contributed by atoms with van der Waals surface area (Å²) in [6.45, 7) is 2.06. The van der Waals surface area contributed by atoms with Gasteiger partial charge in [0.25, 0.3) is 0 Å². The van der Waals surface area contributed by atoms with Crippen molar-refractivity contribution in [2.45, 2.75) is 6.92 Å². The summed E-state index contributed by atoms with van der Waals surface area (Å²) in [5.41, 5.74) is 4.85. The molecule has 0 saturated heterocycles. The molecule has 11 heavy (non-hydrogen) atoms. The first-order valence-electron chi connectivity index (χ1n) is 2.97. The lowest BCUT2D eigenvalue weighted by atomic mass is 10.2. The second-order valence-corrected chi connectivity index (χ2v) is 3.29. The molecule has 3 N–H and O–H groups in total. The van der Waals surface area contributed by atoms with Crippen LogP contribution >= 0.6 is 35.0 Å². The van der Waals surface area contributed by atoms with Crippen molar-refractivity contribution in [3.63, 3.8) is 0 Å². The van der Waals surface area contributed by atoms with Crippen LogP contribution in [0.5, 0.6) is 0 Å². The van der Waals surface area contributed by atoms with E-state index in [0.717, 1.165) is 9.26 Å². The quantitative estimate of drug-likeness (QED) is 0.472. The number of benzene rings is 1. The maximum absolute atomic E-state index is 5.25. The molecule has 1 aromatic carbocycles. The van der Waals surface area contributed by atoms with Crippen LogP contribution in [-0.4, -0.2) is 0 Å². The fourth-order valence-corrected chi connectivity index (χ4v) is 1.56. The van der Waals surface area contributed by atoms with E-state index in [1.807, 2.05) is 12.1 Å². The zero-order valence-corrected chi connectivity index (χ0v) is 9.07. The van der Waals surface area contributed by atoms with E-state index in [-0.39, 0.29) is 12.4 Å². The van der Waals surface area contributed by atoms with Crippen LogP contribution in [-0.2, 0) is 0 Å². The van der Waals surface area contributed by atoms with Crippen molar-refractivity contribution in [2.24, 2.45) is 5.84 Å². The Kier molecular flexibility index (Phi) is 4.79. The Morgan fingerprint density at radius 3 is 2.55 bits per heavy atom. The van der Waals surface area contributed by atoms with E-state index in [2.05, 4.69) is 41.0 Å². The van der Waals surface area contributed by atoms with E-state index < -0.39 is 0 Å². The summed E-state index contributed by atoms with van der Waals surface area (Å²) in [6, 6.07) is 6.07. The first kappa shape index (κ1) is 11.0. The third kappa shape index (κ3) is 2.84. The highest BCUT2D eigenvalue weighted by atomic mass is 127. The summed E-state index contributed by atoms with van der Waals surface area (Å²) in [5.74, 6) is 5.25. The van der Waals surface area contributed by atoms with Crippen molar-refractivity contribution >= 4 is 40.7 Å². The number of hydrogen-bond acceptors (Lipinski definition) is 2. The molecule has 0 aromatic heterocycles. The van der Waals surface area contributed by atoms with Gasteiger partial charge in [0.2, 0.25) is 0 Å². The van der Waals surface area contributed by atoms with Gasteiger partial charge in [-0.15, -0.1) is 12.4 Å². The highest BCUT2D eigenvalue weighted by Gasteiger charge is 1.94. The lowest BCUT2D eigenvalue weighted by molar-refractivity contribution is 1.32. The molecule has 0 aliphatic rings. The minimum atomic E-state index is 0. The van der Waals surface area contributed by atoms with E-state index in [9.17, 15) is 0 Å². The molecular formula is C7H10ClIN2. The van der Waals surface area contributed by atoms with Crippen LogP contribution in [0.1, 0.15) is 5.56 Å². The van der Waals surface area contributed by atoms with Crippen LogP contribution in [0.4, 0.5) is 5.69 Å². The Hall–Kier alpha value is -0.0000000000000000555. The minimum Gasteiger partial charge on any atom is -0.323 e. The predicted octanol–water partition coefficient (Wildman–Crippen LogP) is 2.31. The third-order valence-corrected chi connectivity index (χ3v) is 2.17. The Morgan fingerprint density at radius 2 is 2.09 bits per heavy atom. The van der Waals surface area contributed by atoms with Crippen molar-refractivity contribution < 1.29 is 0 Å². The Bertz CT molecular complexity index is 240. The Morgan fingerprint density at radius 1 is 1.45 bits per heavy atom. The lowest BCUT2D eigenvalue weighted by Gasteiger charge is -2.02. The van der Waals surface area contributed by atoms with Crippen molar-refractivity contribution in [1.82, 2.24) is 0 Å². The Balaban J connectivity index is 0.000001000. The number of nitrogens with two attached hydrogens (primary N) is 1. The van der Waals surface area contributed by atoms with Crippen LogP contribution in [0.3, 0.4) is 0 Å². The molecule has 0 saturated carbocycles. The van der Waals surface area contributed by atoms with Gasteiger partial charge in [-0.2, -0.15) is 0 Å². The van der Waals surface area contributed by atoms with Crippen LogP contribution in [0, 0.1) is 10.5 Å². The van der Waals surface area contributed by atoms with Gasteiger partial charge >= 0.3 is 0 Å². The van der Waals surface area contributed by atoms with Crippen molar-refractivity contribution in [3.05, 3.63) is 27.3 Å². The number of nitrogens with one attached hydrogen (secondary N) is 1. The number of nitrogen functional groups attached to an aromatic ring is 1. The van der Waals surface area contributed by atoms with Gasteiger partial charge in [-0.05, 0) is 47.2 Å². The Labute approximate surface area is 86.1 Å². The summed E-state index contributed by atoms with van der Waals surface area (Å²) in [7, 11) is 0. The fourth-order valence-electron chi connectivity index (χ4n) is 0.737. The molecule has 1 rings (SSSR count). The third-order valence-electron chi connectivity index (χ3n) is 1.28. The van der Waals surface area contributed by atoms with Gasteiger partial charge < -0.3 is 5.43 Å². The molecule has 0 unspecified atom stereocenters. The van der Waals surface area contributed by atoms with E-state index in [1.54, 1.807) is 0 Å². The molecule has 0 bridgehead atoms. The van der Waals surface area contributed by atoms with E-state index >= 15 is 0 Å². The molecule has 0 amide bonds. The molecule has 4 heteroatoms. The summed E-state index contributed by atoms with van der Waals surface area (Å²) >= 11 is 2.24. The average molecular weight is 285 g/mol. The van der Waals surface area contributed by atoms with E-state index in [0.29, 0.717) is 0 Å². The lowest BCUT2D eigenvalue weighted by Crippen LogP contribution is -2.07. The topological polar surface area (TPSA) is 38.0 Å². The minimum absolute atomic E-state index is 0. The zero-order chi connectivity index (χ0) is 7.56. The predicted molar refractivity (Wildman–Crippen MR) is 59.0 cm³/mol. The van der Waals surface area contributed by atoms with Crippen LogP contribution in [0.25, 0.3) is 0 Å². The van der Waals surface area contributed by atoms with Gasteiger partial charge in [0, 0.05) is 3.57 Å². The summed E-state index contributed by atoms with van der Waals surface area (Å²) in [4.78, 5) is 0. The van der Waals surface area contributed by atoms with Crippen LogP contribution < -0.4 is 11.3 Å². The van der Waals surface area contributed by atoms with E-state index in [1.165, 1.54) is 5.56 Å². The van der Waals surface area contributed by atoms with Gasteiger partial charge in [0.05, 0.1) is 5.69 Å². The van der Waals surface area contributed by atoms with Crippen LogP contribution in [0.2, 0.25) is 0 Å². The van der Waals surface area contributed by atoms with Gasteiger partial charge in [-0.25, -0.2) is 0 Å². The number of halogens is 2. The normalized spacial score (nSPS) is 8.64. The zero-order valence-electron chi connectivity index (χ0n) is 6.10. The number of hydrazine groups is 1. The van der Waals surface area contributed by atoms with Gasteiger partial charge in [-0.1, -0.05) is 6.07 Å². The molecule has 0 aliphatic carbocycles. The van der Waals surface area contributed by atoms with Gasteiger partial charge in [-0.3, -0.25) is 5.84 Å². The highest BCUT2D eigenvalue weighted by Crippen LogP contribution is 2.17. The second-order valence-electron chi connectivity index (χ2n) is 2.13. The number of rotatable bonds is 1. The van der Waals surface area contributed by atoms with Crippen molar-refractivity contribution in [2.75, 3.05) is 5.43 Å². The summed E-state index contributed by atoms with van der Waals surface area (Å²) in [6.07, 6.45) is 0. The SMILES string of the molecule is Cc1ccc(NN)c(I)c1.Cl. The summed E-state index contributed by atoms with van der Waals surface area (Å²) < 4.78 is 1.15. The van der Waals surface area contributed by atoms with Gasteiger partial charge in [0.15, 0.2) is 0 Å². The van der Waals surface area contributed by atoms with Gasteiger partial charge in [0.1, 0.15) is 0 Å². The molecule has 62 valence electrons. The molecule has 0 fully saturated rings. The maximum Gasteiger partial charge on any atom is 0.0618 e. The molecule has 0 radical (unpaired) electrons. The monoisotopic (exact) mass is 284 g/mol. The fraction of sp³-hybridized carbons (Fsp3) is 0.143.